The highest BCUT2D eigenvalue weighted by Gasteiger charge is 2.16. The van der Waals surface area contributed by atoms with Gasteiger partial charge in [-0.05, 0) is 31.2 Å². The molecule has 1 amide bonds. The molecule has 0 aliphatic heterocycles. The lowest BCUT2D eigenvalue weighted by Crippen LogP contribution is -2.12. The summed E-state index contributed by atoms with van der Waals surface area (Å²) in [7, 11) is 0. The molecule has 152 valence electrons. The molecule has 0 spiro atoms. The molecule has 5 nitrogen and oxygen atoms in total. The van der Waals surface area contributed by atoms with Crippen LogP contribution < -0.4 is 5.32 Å². The molecule has 0 saturated heterocycles. The van der Waals surface area contributed by atoms with Gasteiger partial charge in [0.15, 0.2) is 11.7 Å². The van der Waals surface area contributed by atoms with E-state index in [1.54, 1.807) is 17.4 Å². The van der Waals surface area contributed by atoms with Crippen molar-refractivity contribution in [1.82, 2.24) is 9.97 Å². The number of nitrogens with zero attached hydrogens (tertiary/aromatic N) is 2. The van der Waals surface area contributed by atoms with Gasteiger partial charge in [-0.25, -0.2) is 18.7 Å². The van der Waals surface area contributed by atoms with Gasteiger partial charge in [-0.2, -0.15) is 0 Å². The Bertz CT molecular complexity index is 1180. The van der Waals surface area contributed by atoms with Gasteiger partial charge in [0.25, 0.3) is 0 Å². The Labute approximate surface area is 175 Å². The number of aromatic nitrogens is 2. The molecule has 0 saturated carbocycles. The number of thiazole rings is 1. The Morgan fingerprint density at radius 3 is 2.67 bits per heavy atom. The Morgan fingerprint density at radius 1 is 1.17 bits per heavy atom. The van der Waals surface area contributed by atoms with E-state index in [1.807, 2.05) is 30.5 Å². The third-order valence-corrected chi connectivity index (χ3v) is 5.16. The molecule has 8 heteroatoms. The zero-order valence-electron chi connectivity index (χ0n) is 16.0. The number of halogens is 2. The summed E-state index contributed by atoms with van der Waals surface area (Å²) < 4.78 is 33.2. The van der Waals surface area contributed by atoms with Crippen LogP contribution in [-0.4, -0.2) is 15.9 Å². The molecule has 1 N–H and O–H groups in total. The van der Waals surface area contributed by atoms with Crippen molar-refractivity contribution in [3.63, 3.8) is 0 Å². The average molecular weight is 425 g/mol. The number of amides is 1. The van der Waals surface area contributed by atoms with Crippen molar-refractivity contribution in [3.8, 4) is 22.6 Å². The van der Waals surface area contributed by atoms with Crippen molar-refractivity contribution in [2.75, 3.05) is 5.32 Å². The molecular weight excluding hydrogens is 408 g/mol. The number of oxazole rings is 1. The van der Waals surface area contributed by atoms with Gasteiger partial charge in [0.1, 0.15) is 11.6 Å². The Hall–Kier alpha value is -3.39. The van der Waals surface area contributed by atoms with E-state index in [0.717, 1.165) is 28.4 Å². The lowest BCUT2D eigenvalue weighted by atomic mass is 10.1. The van der Waals surface area contributed by atoms with E-state index in [-0.39, 0.29) is 36.0 Å². The molecule has 30 heavy (non-hydrogen) atoms. The van der Waals surface area contributed by atoms with Gasteiger partial charge in [0.05, 0.1) is 22.5 Å². The summed E-state index contributed by atoms with van der Waals surface area (Å²) in [5.74, 6) is -1.46. The van der Waals surface area contributed by atoms with Crippen LogP contribution in [0.4, 0.5) is 14.5 Å². The third kappa shape index (κ3) is 4.44. The molecule has 2 aromatic heterocycles. The van der Waals surface area contributed by atoms with Gasteiger partial charge in [-0.1, -0.05) is 18.2 Å². The standard InChI is InChI=1S/C22H17F2N3O2S/c1-13-26-18(12-30-13)14-4-2-5-15(10-14)27-20(28)8-9-21-25-11-19(29-21)22-16(23)6-3-7-17(22)24/h2-7,10-12H,8-9H2,1H3,(H,27,28). The van der Waals surface area contributed by atoms with Gasteiger partial charge < -0.3 is 9.73 Å². The topological polar surface area (TPSA) is 68.0 Å². The molecule has 0 radical (unpaired) electrons. The van der Waals surface area contributed by atoms with E-state index < -0.39 is 11.6 Å². The summed E-state index contributed by atoms with van der Waals surface area (Å²) in [4.78, 5) is 20.8. The monoisotopic (exact) mass is 425 g/mol. The number of hydrogen-bond donors (Lipinski definition) is 1. The number of carbonyl (C=O) groups is 1. The summed E-state index contributed by atoms with van der Waals surface area (Å²) in [6, 6.07) is 11.0. The zero-order chi connectivity index (χ0) is 21.1. The molecule has 2 aromatic carbocycles. The van der Waals surface area contributed by atoms with Crippen LogP contribution in [0.15, 0.2) is 58.5 Å². The molecule has 2 heterocycles. The summed E-state index contributed by atoms with van der Waals surface area (Å²) >= 11 is 1.56. The first-order valence-corrected chi connectivity index (χ1v) is 10.1. The molecule has 0 bridgehead atoms. The van der Waals surface area contributed by atoms with Crippen LogP contribution in [0.1, 0.15) is 17.3 Å². The molecular formula is C22H17F2N3O2S. The van der Waals surface area contributed by atoms with Crippen molar-refractivity contribution in [2.24, 2.45) is 0 Å². The third-order valence-electron chi connectivity index (χ3n) is 4.39. The number of aryl methyl sites for hydroxylation is 2. The van der Waals surface area contributed by atoms with Crippen LogP contribution in [-0.2, 0) is 11.2 Å². The maximum Gasteiger partial charge on any atom is 0.224 e. The van der Waals surface area contributed by atoms with Crippen molar-refractivity contribution in [2.45, 2.75) is 19.8 Å². The Balaban J connectivity index is 1.39. The fourth-order valence-corrected chi connectivity index (χ4v) is 3.59. The maximum atomic E-state index is 13.9. The molecule has 0 aliphatic rings. The van der Waals surface area contributed by atoms with Crippen molar-refractivity contribution in [1.29, 1.82) is 0 Å². The van der Waals surface area contributed by atoms with Gasteiger partial charge in [0.2, 0.25) is 5.91 Å². The molecule has 0 atom stereocenters. The van der Waals surface area contributed by atoms with Crippen molar-refractivity contribution >= 4 is 22.9 Å². The highest BCUT2D eigenvalue weighted by atomic mass is 32.1. The summed E-state index contributed by atoms with van der Waals surface area (Å²) in [5.41, 5.74) is 2.17. The molecule has 4 aromatic rings. The predicted octanol–water partition coefficient (Wildman–Crippen LogP) is 5.62. The zero-order valence-corrected chi connectivity index (χ0v) is 16.8. The Kier molecular flexibility index (Phi) is 5.67. The summed E-state index contributed by atoms with van der Waals surface area (Å²) in [6.07, 6.45) is 1.57. The lowest BCUT2D eigenvalue weighted by molar-refractivity contribution is -0.116. The second kappa shape index (κ2) is 8.54. The maximum absolute atomic E-state index is 13.9. The lowest BCUT2D eigenvalue weighted by Gasteiger charge is -2.06. The summed E-state index contributed by atoms with van der Waals surface area (Å²) in [5, 5.41) is 5.77. The minimum atomic E-state index is -0.731. The molecule has 0 unspecified atom stereocenters. The average Bonchev–Trinajstić information content (AvgIpc) is 3.36. The van der Waals surface area contributed by atoms with Gasteiger partial charge in [-0.3, -0.25) is 4.79 Å². The van der Waals surface area contributed by atoms with E-state index in [9.17, 15) is 13.6 Å². The number of carbonyl (C=O) groups excluding carboxylic acids is 1. The molecule has 0 aliphatic carbocycles. The highest BCUT2D eigenvalue weighted by Crippen LogP contribution is 2.27. The first-order valence-electron chi connectivity index (χ1n) is 9.21. The Morgan fingerprint density at radius 2 is 1.93 bits per heavy atom. The van der Waals surface area contributed by atoms with Crippen LogP contribution in [0, 0.1) is 18.6 Å². The normalized spacial score (nSPS) is 10.9. The molecule has 4 rings (SSSR count). The van der Waals surface area contributed by atoms with E-state index >= 15 is 0 Å². The van der Waals surface area contributed by atoms with Crippen LogP contribution in [0.25, 0.3) is 22.6 Å². The quantitative estimate of drug-likeness (QED) is 0.435. The van der Waals surface area contributed by atoms with E-state index in [2.05, 4.69) is 15.3 Å². The second-order valence-electron chi connectivity index (χ2n) is 6.60. The number of benzene rings is 2. The van der Waals surface area contributed by atoms with Gasteiger partial charge in [0, 0.05) is 29.5 Å². The fourth-order valence-electron chi connectivity index (χ4n) is 2.97. The van der Waals surface area contributed by atoms with E-state index in [1.165, 1.54) is 12.3 Å². The SMILES string of the molecule is Cc1nc(-c2cccc(NC(=O)CCc3ncc(-c4c(F)cccc4F)o3)c2)cs1. The van der Waals surface area contributed by atoms with Gasteiger partial charge in [-0.15, -0.1) is 11.3 Å². The fraction of sp³-hybridized carbons (Fsp3) is 0.136. The number of anilines is 1. The first kappa shape index (κ1) is 19.9. The van der Waals surface area contributed by atoms with Crippen LogP contribution >= 0.6 is 11.3 Å². The minimum Gasteiger partial charge on any atom is -0.441 e. The number of hydrogen-bond acceptors (Lipinski definition) is 5. The molecule has 0 fully saturated rings. The number of nitrogens with one attached hydrogen (secondary N) is 1. The van der Waals surface area contributed by atoms with Crippen LogP contribution in [0.3, 0.4) is 0 Å². The highest BCUT2D eigenvalue weighted by molar-refractivity contribution is 7.09. The number of rotatable bonds is 6. The van der Waals surface area contributed by atoms with Gasteiger partial charge >= 0.3 is 0 Å². The minimum absolute atomic E-state index is 0.00716. The smallest absolute Gasteiger partial charge is 0.224 e. The summed E-state index contributed by atoms with van der Waals surface area (Å²) in [6.45, 7) is 1.94. The largest absolute Gasteiger partial charge is 0.441 e. The predicted molar refractivity (Wildman–Crippen MR) is 111 cm³/mol. The van der Waals surface area contributed by atoms with E-state index in [0.29, 0.717) is 5.69 Å². The second-order valence-corrected chi connectivity index (χ2v) is 7.66. The van der Waals surface area contributed by atoms with Crippen molar-refractivity contribution < 1.29 is 18.0 Å². The van der Waals surface area contributed by atoms with Crippen molar-refractivity contribution in [3.05, 3.63) is 76.6 Å². The van der Waals surface area contributed by atoms with E-state index in [4.69, 9.17) is 4.42 Å². The first-order chi connectivity index (χ1) is 14.5. The van der Waals surface area contributed by atoms with Crippen LogP contribution in [0.2, 0.25) is 0 Å². The van der Waals surface area contributed by atoms with Crippen LogP contribution in [0.5, 0.6) is 0 Å².